The second-order valence-corrected chi connectivity index (χ2v) is 4.68. The van der Waals surface area contributed by atoms with Crippen molar-refractivity contribution in [2.75, 3.05) is 6.26 Å². The monoisotopic (exact) mass is 224 g/mol. The van der Waals surface area contributed by atoms with Gasteiger partial charge in [0.25, 0.3) is 0 Å². The fourth-order valence-electron chi connectivity index (χ4n) is 1.41. The van der Waals surface area contributed by atoms with Crippen LogP contribution in [0.4, 0.5) is 0 Å². The zero-order chi connectivity index (χ0) is 10.1. The van der Waals surface area contributed by atoms with Crippen LogP contribution in [-0.4, -0.2) is 17.6 Å². The number of carbonyl (C=O) groups is 1. The molecule has 0 bridgehead atoms. The first-order chi connectivity index (χ1) is 6.76. The lowest BCUT2D eigenvalue weighted by atomic mass is 10.2. The van der Waals surface area contributed by atoms with E-state index < -0.39 is 0 Å². The summed E-state index contributed by atoms with van der Waals surface area (Å²) in [6, 6.07) is 5.36. The van der Waals surface area contributed by atoms with Gasteiger partial charge in [0.05, 0.1) is 0 Å². The maximum Gasteiger partial charge on any atom is 0.172 e. The lowest BCUT2D eigenvalue weighted by Crippen LogP contribution is -1.83. The van der Waals surface area contributed by atoms with E-state index in [2.05, 4.69) is 0 Å². The SMILES string of the molecule is CSc1c(C=O)ccc2sc(O)cc12. The number of aldehydes is 1. The summed E-state index contributed by atoms with van der Waals surface area (Å²) in [7, 11) is 0. The molecule has 0 aliphatic heterocycles. The molecule has 0 radical (unpaired) electrons. The van der Waals surface area contributed by atoms with Crippen LogP contribution in [0.3, 0.4) is 0 Å². The van der Waals surface area contributed by atoms with E-state index in [9.17, 15) is 9.90 Å². The Morgan fingerprint density at radius 2 is 2.29 bits per heavy atom. The molecule has 72 valence electrons. The molecular weight excluding hydrogens is 216 g/mol. The average Bonchev–Trinajstić information content (AvgIpc) is 2.56. The van der Waals surface area contributed by atoms with Crippen molar-refractivity contribution in [1.29, 1.82) is 0 Å². The third-order valence-corrected chi connectivity index (χ3v) is 3.77. The number of hydrogen-bond acceptors (Lipinski definition) is 4. The van der Waals surface area contributed by atoms with E-state index in [1.807, 2.05) is 12.3 Å². The van der Waals surface area contributed by atoms with Crippen molar-refractivity contribution in [2.45, 2.75) is 4.90 Å². The Labute approximate surface area is 89.6 Å². The highest BCUT2D eigenvalue weighted by molar-refractivity contribution is 7.99. The van der Waals surface area contributed by atoms with Gasteiger partial charge < -0.3 is 5.11 Å². The van der Waals surface area contributed by atoms with Crippen LogP contribution in [-0.2, 0) is 0 Å². The maximum atomic E-state index is 10.8. The van der Waals surface area contributed by atoms with Crippen molar-refractivity contribution in [3.8, 4) is 5.06 Å². The summed E-state index contributed by atoms with van der Waals surface area (Å²) in [4.78, 5) is 11.7. The van der Waals surface area contributed by atoms with Gasteiger partial charge in [-0.3, -0.25) is 4.79 Å². The van der Waals surface area contributed by atoms with Gasteiger partial charge in [-0.15, -0.1) is 11.8 Å². The normalized spacial score (nSPS) is 10.6. The Balaban J connectivity index is 2.82. The zero-order valence-electron chi connectivity index (χ0n) is 7.48. The summed E-state index contributed by atoms with van der Waals surface area (Å²) in [5, 5.41) is 10.6. The zero-order valence-corrected chi connectivity index (χ0v) is 9.11. The standard InChI is InChI=1S/C10H8O2S2/c1-13-10-6(5-11)2-3-8-7(10)4-9(12)14-8/h2-5,12H,1H3. The molecule has 1 aromatic carbocycles. The minimum absolute atomic E-state index is 0.290. The number of rotatable bonds is 2. The Hall–Kier alpha value is -1.00. The summed E-state index contributed by atoms with van der Waals surface area (Å²) in [6.45, 7) is 0. The predicted octanol–water partition coefficient (Wildman–Crippen LogP) is 3.14. The van der Waals surface area contributed by atoms with E-state index in [-0.39, 0.29) is 0 Å². The van der Waals surface area contributed by atoms with E-state index in [4.69, 9.17) is 0 Å². The fourth-order valence-corrected chi connectivity index (χ4v) is 3.02. The van der Waals surface area contributed by atoms with Gasteiger partial charge in [-0.25, -0.2) is 0 Å². The number of fused-ring (bicyclic) bond motifs is 1. The van der Waals surface area contributed by atoms with Crippen LogP contribution in [0.1, 0.15) is 10.4 Å². The number of thioether (sulfide) groups is 1. The molecule has 2 rings (SSSR count). The summed E-state index contributed by atoms with van der Waals surface area (Å²) in [6.07, 6.45) is 2.77. The lowest BCUT2D eigenvalue weighted by Gasteiger charge is -2.01. The Bertz CT molecular complexity index is 488. The molecule has 1 aromatic heterocycles. The van der Waals surface area contributed by atoms with Crippen LogP contribution in [0, 0.1) is 0 Å². The molecule has 1 heterocycles. The van der Waals surface area contributed by atoms with E-state index in [1.54, 1.807) is 12.1 Å². The number of benzene rings is 1. The van der Waals surface area contributed by atoms with Crippen LogP contribution in [0.5, 0.6) is 5.06 Å². The quantitative estimate of drug-likeness (QED) is 0.629. The third kappa shape index (κ3) is 1.40. The van der Waals surface area contributed by atoms with Crippen molar-refractivity contribution in [3.05, 3.63) is 23.8 Å². The van der Waals surface area contributed by atoms with Crippen LogP contribution >= 0.6 is 23.1 Å². The third-order valence-electron chi connectivity index (χ3n) is 2.00. The van der Waals surface area contributed by atoms with Gasteiger partial charge in [0.2, 0.25) is 0 Å². The smallest absolute Gasteiger partial charge is 0.172 e. The van der Waals surface area contributed by atoms with Gasteiger partial charge >= 0.3 is 0 Å². The average molecular weight is 224 g/mol. The molecule has 0 atom stereocenters. The van der Waals surface area contributed by atoms with Gasteiger partial charge in [0.15, 0.2) is 11.3 Å². The first-order valence-electron chi connectivity index (χ1n) is 4.01. The topological polar surface area (TPSA) is 37.3 Å². The van der Waals surface area contributed by atoms with E-state index in [0.29, 0.717) is 10.6 Å². The second kappa shape index (κ2) is 3.63. The molecule has 4 heteroatoms. The van der Waals surface area contributed by atoms with Crippen LogP contribution < -0.4 is 0 Å². The Morgan fingerprint density at radius 3 is 2.93 bits per heavy atom. The molecule has 0 saturated heterocycles. The van der Waals surface area contributed by atoms with Crippen LogP contribution in [0.2, 0.25) is 0 Å². The van der Waals surface area contributed by atoms with Crippen molar-refractivity contribution in [2.24, 2.45) is 0 Å². The van der Waals surface area contributed by atoms with Gasteiger partial charge in [0, 0.05) is 26.6 Å². The van der Waals surface area contributed by atoms with Gasteiger partial charge in [-0.2, -0.15) is 0 Å². The highest BCUT2D eigenvalue weighted by atomic mass is 32.2. The highest BCUT2D eigenvalue weighted by Crippen LogP contribution is 2.37. The molecule has 0 saturated carbocycles. The van der Waals surface area contributed by atoms with E-state index in [1.165, 1.54) is 23.1 Å². The van der Waals surface area contributed by atoms with Crippen molar-refractivity contribution in [1.82, 2.24) is 0 Å². The Morgan fingerprint density at radius 1 is 1.50 bits per heavy atom. The molecular formula is C10H8O2S2. The minimum Gasteiger partial charge on any atom is -0.499 e. The first-order valence-corrected chi connectivity index (χ1v) is 6.05. The Kier molecular flexibility index (Phi) is 2.48. The number of thiophene rings is 1. The minimum atomic E-state index is 0.290. The first kappa shape index (κ1) is 9.55. The molecule has 14 heavy (non-hydrogen) atoms. The fraction of sp³-hybridized carbons (Fsp3) is 0.100. The van der Waals surface area contributed by atoms with E-state index >= 15 is 0 Å². The maximum absolute atomic E-state index is 10.8. The summed E-state index contributed by atoms with van der Waals surface area (Å²) >= 11 is 2.85. The number of carbonyl (C=O) groups excluding carboxylic acids is 1. The predicted molar refractivity (Wildman–Crippen MR) is 60.7 cm³/mol. The van der Waals surface area contributed by atoms with Crippen molar-refractivity contribution >= 4 is 39.5 Å². The highest BCUT2D eigenvalue weighted by Gasteiger charge is 2.09. The van der Waals surface area contributed by atoms with Gasteiger partial charge in [-0.05, 0) is 18.4 Å². The number of hydrogen-bond donors (Lipinski definition) is 1. The molecule has 0 spiro atoms. The van der Waals surface area contributed by atoms with Gasteiger partial charge in [0.1, 0.15) is 0 Å². The molecule has 0 aliphatic carbocycles. The van der Waals surface area contributed by atoms with Crippen molar-refractivity contribution in [3.63, 3.8) is 0 Å². The van der Waals surface area contributed by atoms with Gasteiger partial charge in [-0.1, -0.05) is 11.3 Å². The van der Waals surface area contributed by atoms with E-state index in [0.717, 1.165) is 21.3 Å². The molecule has 2 aromatic rings. The summed E-state index contributed by atoms with van der Waals surface area (Å²) in [5.41, 5.74) is 0.683. The molecule has 0 amide bonds. The van der Waals surface area contributed by atoms with Crippen LogP contribution in [0.15, 0.2) is 23.1 Å². The summed E-state index contributed by atoms with van der Waals surface area (Å²) in [5.74, 6) is 0. The summed E-state index contributed by atoms with van der Waals surface area (Å²) < 4.78 is 1.01. The molecule has 0 fully saturated rings. The lowest BCUT2D eigenvalue weighted by molar-refractivity contribution is 0.112. The molecule has 0 aliphatic rings. The number of aromatic hydroxyl groups is 1. The van der Waals surface area contributed by atoms with Crippen LogP contribution in [0.25, 0.3) is 10.1 Å². The van der Waals surface area contributed by atoms with Crippen molar-refractivity contribution < 1.29 is 9.90 Å². The molecule has 0 unspecified atom stereocenters. The second-order valence-electron chi connectivity index (χ2n) is 2.80. The molecule has 2 nitrogen and oxygen atoms in total. The largest absolute Gasteiger partial charge is 0.499 e. The molecule has 1 N–H and O–H groups in total.